The summed E-state index contributed by atoms with van der Waals surface area (Å²) in [5, 5.41) is 3.81. The van der Waals surface area contributed by atoms with Crippen LogP contribution in [0.2, 0.25) is 0 Å². The number of hydrogen-bond donors (Lipinski definition) is 1. The van der Waals surface area contributed by atoms with E-state index in [0.717, 1.165) is 19.2 Å². The molecule has 0 spiro atoms. The summed E-state index contributed by atoms with van der Waals surface area (Å²) in [6, 6.07) is 3.91. The summed E-state index contributed by atoms with van der Waals surface area (Å²) < 4.78 is 41.6. The first-order chi connectivity index (χ1) is 13.8. The van der Waals surface area contributed by atoms with Gasteiger partial charge in [-0.05, 0) is 25.1 Å². The van der Waals surface area contributed by atoms with E-state index in [2.05, 4.69) is 20.3 Å². The van der Waals surface area contributed by atoms with E-state index in [1.165, 1.54) is 16.8 Å². The van der Waals surface area contributed by atoms with Crippen LogP contribution in [0.4, 0.5) is 18.9 Å². The maximum atomic E-state index is 13.4. The molecule has 0 amide bonds. The van der Waals surface area contributed by atoms with Gasteiger partial charge in [-0.15, -0.1) is 0 Å². The monoisotopic (exact) mass is 404 g/mol. The van der Waals surface area contributed by atoms with Gasteiger partial charge in [-0.1, -0.05) is 0 Å². The Labute approximate surface area is 164 Å². The van der Waals surface area contributed by atoms with Gasteiger partial charge in [0.1, 0.15) is 17.2 Å². The number of rotatable bonds is 3. The molecule has 10 heteroatoms. The molecule has 1 aliphatic rings. The maximum absolute atomic E-state index is 13.4. The van der Waals surface area contributed by atoms with Crippen molar-refractivity contribution >= 4 is 16.7 Å². The molecule has 0 aliphatic carbocycles. The first kappa shape index (κ1) is 19.3. The first-order valence-electron chi connectivity index (χ1n) is 9.18. The van der Waals surface area contributed by atoms with Crippen LogP contribution in [0.25, 0.3) is 11.0 Å². The van der Waals surface area contributed by atoms with E-state index in [4.69, 9.17) is 0 Å². The summed E-state index contributed by atoms with van der Waals surface area (Å²) in [4.78, 5) is 27.6. The van der Waals surface area contributed by atoms with Gasteiger partial charge in [0.2, 0.25) is 0 Å². The number of aromatic nitrogens is 4. The zero-order valence-corrected chi connectivity index (χ0v) is 15.7. The molecule has 1 aliphatic heterocycles. The third-order valence-electron chi connectivity index (χ3n) is 4.89. The third kappa shape index (κ3) is 3.80. The van der Waals surface area contributed by atoms with Crippen molar-refractivity contribution < 1.29 is 13.2 Å². The van der Waals surface area contributed by atoms with Crippen molar-refractivity contribution in [2.75, 3.05) is 31.1 Å². The smallest absolute Gasteiger partial charge is 0.365 e. The predicted octanol–water partition coefficient (Wildman–Crippen LogP) is 1.97. The Balaban J connectivity index is 1.90. The SMILES string of the molecule is Cc1ncc2cc(N3CCNCC3)c(=O)n(Cc3ncccc3C(F)(F)F)c2n1. The van der Waals surface area contributed by atoms with Crippen molar-refractivity contribution in [3.8, 4) is 0 Å². The highest BCUT2D eigenvalue weighted by atomic mass is 19.4. The second-order valence-electron chi connectivity index (χ2n) is 6.85. The standard InChI is InChI=1S/C19H19F3N6O/c1-12-25-10-13-9-16(27-7-5-23-6-8-27)18(29)28(17(13)26-12)11-15-14(19(20,21)22)3-2-4-24-15/h2-4,9-10,23H,5-8,11H2,1H3. The molecule has 152 valence electrons. The minimum absolute atomic E-state index is 0.225. The summed E-state index contributed by atoms with van der Waals surface area (Å²) in [6.45, 7) is 4.04. The lowest BCUT2D eigenvalue weighted by molar-refractivity contribution is -0.138. The number of nitrogens with zero attached hydrogens (tertiary/aromatic N) is 5. The van der Waals surface area contributed by atoms with E-state index in [1.807, 2.05) is 4.90 Å². The van der Waals surface area contributed by atoms with Gasteiger partial charge in [0.15, 0.2) is 0 Å². The van der Waals surface area contributed by atoms with Gasteiger partial charge in [0, 0.05) is 44.0 Å². The average Bonchev–Trinajstić information content (AvgIpc) is 2.70. The molecule has 0 bridgehead atoms. The Morgan fingerprint density at radius 3 is 2.69 bits per heavy atom. The molecule has 3 aromatic heterocycles. The summed E-state index contributed by atoms with van der Waals surface area (Å²) in [5.74, 6) is 0.428. The highest BCUT2D eigenvalue weighted by molar-refractivity contribution is 5.78. The topological polar surface area (TPSA) is 75.9 Å². The van der Waals surface area contributed by atoms with Crippen LogP contribution in [0.5, 0.6) is 0 Å². The fraction of sp³-hybridized carbons (Fsp3) is 0.368. The summed E-state index contributed by atoms with van der Waals surface area (Å²) in [7, 11) is 0. The molecule has 4 heterocycles. The van der Waals surface area contributed by atoms with Gasteiger partial charge in [-0.3, -0.25) is 14.3 Å². The van der Waals surface area contributed by atoms with Gasteiger partial charge in [-0.25, -0.2) is 9.97 Å². The quantitative estimate of drug-likeness (QED) is 0.720. The van der Waals surface area contributed by atoms with Crippen molar-refractivity contribution in [2.45, 2.75) is 19.6 Å². The molecule has 0 aromatic carbocycles. The van der Waals surface area contributed by atoms with E-state index in [-0.39, 0.29) is 12.2 Å². The fourth-order valence-electron chi connectivity index (χ4n) is 3.48. The van der Waals surface area contributed by atoms with Crippen LogP contribution < -0.4 is 15.8 Å². The second-order valence-corrected chi connectivity index (χ2v) is 6.85. The zero-order valence-electron chi connectivity index (χ0n) is 15.7. The van der Waals surface area contributed by atoms with E-state index < -0.39 is 17.3 Å². The Kier molecular flexibility index (Phi) is 4.95. The lowest BCUT2D eigenvalue weighted by Gasteiger charge is -2.29. The van der Waals surface area contributed by atoms with Crippen molar-refractivity contribution in [1.82, 2.24) is 24.8 Å². The minimum Gasteiger partial charge on any atom is -0.365 e. The molecular formula is C19H19F3N6O. The molecule has 1 fully saturated rings. The Bertz CT molecular complexity index is 1110. The molecule has 1 saturated heterocycles. The molecule has 0 radical (unpaired) electrons. The van der Waals surface area contributed by atoms with Crippen LogP contribution in [0.1, 0.15) is 17.1 Å². The van der Waals surface area contributed by atoms with Crippen molar-refractivity contribution in [3.05, 3.63) is 58.0 Å². The normalized spacial score (nSPS) is 15.1. The number of halogens is 3. The van der Waals surface area contributed by atoms with Crippen molar-refractivity contribution in [3.63, 3.8) is 0 Å². The molecule has 0 saturated carbocycles. The van der Waals surface area contributed by atoms with Crippen LogP contribution >= 0.6 is 0 Å². The van der Waals surface area contributed by atoms with Crippen LogP contribution in [0.3, 0.4) is 0 Å². The Morgan fingerprint density at radius 2 is 1.97 bits per heavy atom. The van der Waals surface area contributed by atoms with Crippen LogP contribution in [0.15, 0.2) is 35.4 Å². The van der Waals surface area contributed by atoms with Crippen molar-refractivity contribution in [1.29, 1.82) is 0 Å². The van der Waals surface area contributed by atoms with Crippen LogP contribution in [-0.2, 0) is 12.7 Å². The largest absolute Gasteiger partial charge is 0.418 e. The van der Waals surface area contributed by atoms with Gasteiger partial charge < -0.3 is 10.2 Å². The highest BCUT2D eigenvalue weighted by Crippen LogP contribution is 2.31. The minimum atomic E-state index is -4.57. The van der Waals surface area contributed by atoms with E-state index in [1.54, 1.807) is 19.2 Å². The molecular weight excluding hydrogens is 385 g/mol. The van der Waals surface area contributed by atoms with E-state index >= 15 is 0 Å². The molecule has 4 rings (SSSR count). The zero-order chi connectivity index (χ0) is 20.6. The molecule has 7 nitrogen and oxygen atoms in total. The van der Waals surface area contributed by atoms with E-state index in [9.17, 15) is 18.0 Å². The molecule has 3 aromatic rings. The highest BCUT2D eigenvalue weighted by Gasteiger charge is 2.34. The number of nitrogens with one attached hydrogen (secondary N) is 1. The van der Waals surface area contributed by atoms with Crippen molar-refractivity contribution in [2.24, 2.45) is 0 Å². The van der Waals surface area contributed by atoms with Gasteiger partial charge in [0.25, 0.3) is 5.56 Å². The van der Waals surface area contributed by atoms with Crippen LogP contribution in [-0.4, -0.2) is 45.7 Å². The number of anilines is 1. The predicted molar refractivity (Wildman–Crippen MR) is 102 cm³/mol. The molecule has 0 unspecified atom stereocenters. The summed E-state index contributed by atoms with van der Waals surface area (Å²) in [6.07, 6.45) is -1.69. The van der Waals surface area contributed by atoms with Gasteiger partial charge in [-0.2, -0.15) is 13.2 Å². The molecule has 1 N–H and O–H groups in total. The second kappa shape index (κ2) is 7.43. The summed E-state index contributed by atoms with van der Waals surface area (Å²) >= 11 is 0. The number of hydrogen-bond acceptors (Lipinski definition) is 6. The lowest BCUT2D eigenvalue weighted by Crippen LogP contribution is -2.46. The first-order valence-corrected chi connectivity index (χ1v) is 9.18. The third-order valence-corrected chi connectivity index (χ3v) is 4.89. The van der Waals surface area contributed by atoms with E-state index in [0.29, 0.717) is 35.6 Å². The number of pyridine rings is 2. The number of fused-ring (bicyclic) bond motifs is 1. The van der Waals surface area contributed by atoms with Gasteiger partial charge >= 0.3 is 6.18 Å². The Hall–Kier alpha value is -3.01. The maximum Gasteiger partial charge on any atom is 0.418 e. The Morgan fingerprint density at radius 1 is 1.21 bits per heavy atom. The van der Waals surface area contributed by atoms with Gasteiger partial charge in [0.05, 0.1) is 17.8 Å². The molecule has 29 heavy (non-hydrogen) atoms. The average molecular weight is 404 g/mol. The fourth-order valence-corrected chi connectivity index (χ4v) is 3.48. The number of alkyl halides is 3. The molecule has 0 atom stereocenters. The summed E-state index contributed by atoms with van der Waals surface area (Å²) in [5.41, 5.74) is -0.761. The lowest BCUT2D eigenvalue weighted by atomic mass is 10.1. The van der Waals surface area contributed by atoms with Crippen LogP contribution in [0, 0.1) is 6.92 Å². The number of piperazine rings is 1. The number of aryl methyl sites for hydroxylation is 1.